The van der Waals surface area contributed by atoms with Gasteiger partial charge in [-0.25, -0.2) is 4.39 Å². The molecule has 17 heavy (non-hydrogen) atoms. The molecule has 2 aromatic rings. The first-order valence-corrected chi connectivity index (χ1v) is 6.05. The van der Waals surface area contributed by atoms with E-state index in [9.17, 15) is 9.18 Å². The maximum atomic E-state index is 12.8. The van der Waals surface area contributed by atoms with E-state index in [1.54, 1.807) is 12.1 Å². The average molecular weight is 250 g/mol. The van der Waals surface area contributed by atoms with Gasteiger partial charge in [0.1, 0.15) is 5.82 Å². The van der Waals surface area contributed by atoms with Gasteiger partial charge in [0.05, 0.1) is 6.42 Å². The Kier molecular flexibility index (Phi) is 3.54. The first-order chi connectivity index (χ1) is 8.16. The summed E-state index contributed by atoms with van der Waals surface area (Å²) in [4.78, 5) is 11.9. The third-order valence-electron chi connectivity index (χ3n) is 2.54. The molecule has 1 aromatic heterocycles. The Morgan fingerprint density at radius 1 is 1.29 bits per heavy atom. The number of carboxylic acids is 1. The molecule has 1 unspecified atom stereocenters. The monoisotopic (exact) mass is 250 g/mol. The molecule has 0 saturated heterocycles. The highest BCUT2D eigenvalue weighted by Gasteiger charge is 2.18. The third-order valence-corrected chi connectivity index (χ3v) is 3.52. The highest BCUT2D eigenvalue weighted by Crippen LogP contribution is 2.31. The maximum absolute atomic E-state index is 12.8. The van der Waals surface area contributed by atoms with E-state index >= 15 is 0 Å². The minimum absolute atomic E-state index is 0.0200. The van der Waals surface area contributed by atoms with Crippen LogP contribution in [0.15, 0.2) is 41.8 Å². The van der Waals surface area contributed by atoms with Crippen molar-refractivity contribution in [2.45, 2.75) is 12.3 Å². The summed E-state index contributed by atoms with van der Waals surface area (Å²) in [5.74, 6) is -1.37. The molecule has 0 radical (unpaired) electrons. The first kappa shape index (κ1) is 11.8. The Bertz CT molecular complexity index is 491. The average Bonchev–Trinajstić information content (AvgIpc) is 2.80. The van der Waals surface area contributed by atoms with Crippen molar-refractivity contribution in [2.75, 3.05) is 0 Å². The zero-order chi connectivity index (χ0) is 12.3. The van der Waals surface area contributed by atoms with Crippen LogP contribution in [0.25, 0.3) is 0 Å². The highest BCUT2D eigenvalue weighted by atomic mass is 32.1. The van der Waals surface area contributed by atoms with Crippen LogP contribution in [-0.2, 0) is 4.79 Å². The van der Waals surface area contributed by atoms with Crippen LogP contribution < -0.4 is 0 Å². The zero-order valence-electron chi connectivity index (χ0n) is 8.97. The van der Waals surface area contributed by atoms with Gasteiger partial charge in [0.2, 0.25) is 0 Å². The topological polar surface area (TPSA) is 37.3 Å². The summed E-state index contributed by atoms with van der Waals surface area (Å²) in [5, 5.41) is 10.8. The van der Waals surface area contributed by atoms with E-state index in [-0.39, 0.29) is 18.2 Å². The lowest BCUT2D eigenvalue weighted by atomic mass is 9.94. The molecule has 0 bridgehead atoms. The van der Waals surface area contributed by atoms with Gasteiger partial charge in [-0.15, -0.1) is 11.3 Å². The number of thiophene rings is 1. The smallest absolute Gasteiger partial charge is 0.304 e. The van der Waals surface area contributed by atoms with Gasteiger partial charge < -0.3 is 5.11 Å². The van der Waals surface area contributed by atoms with Crippen LogP contribution in [0.5, 0.6) is 0 Å². The summed E-state index contributed by atoms with van der Waals surface area (Å²) in [5.41, 5.74) is 0.830. The van der Waals surface area contributed by atoms with Gasteiger partial charge in [0.15, 0.2) is 0 Å². The lowest BCUT2D eigenvalue weighted by Gasteiger charge is -2.13. The molecule has 2 rings (SSSR count). The molecule has 1 aromatic carbocycles. The number of halogens is 1. The molecule has 1 N–H and O–H groups in total. The number of benzene rings is 1. The van der Waals surface area contributed by atoms with Gasteiger partial charge in [0, 0.05) is 10.8 Å². The van der Waals surface area contributed by atoms with Gasteiger partial charge in [-0.3, -0.25) is 4.79 Å². The standard InChI is InChI=1S/C13H11FO2S/c14-10-5-3-9(4-6-10)11(8-13(15)16)12-2-1-7-17-12/h1-7,11H,8H2,(H,15,16). The minimum Gasteiger partial charge on any atom is -0.481 e. The summed E-state index contributed by atoms with van der Waals surface area (Å²) in [6.07, 6.45) is 0.0200. The predicted octanol–water partition coefficient (Wildman–Crippen LogP) is 3.49. The van der Waals surface area contributed by atoms with Gasteiger partial charge >= 0.3 is 5.97 Å². The first-order valence-electron chi connectivity index (χ1n) is 5.17. The lowest BCUT2D eigenvalue weighted by Crippen LogP contribution is -2.06. The number of aliphatic carboxylic acids is 1. The normalized spacial score (nSPS) is 12.3. The largest absolute Gasteiger partial charge is 0.481 e. The van der Waals surface area contributed by atoms with Crippen LogP contribution in [0.1, 0.15) is 22.8 Å². The second-order valence-electron chi connectivity index (χ2n) is 3.72. The molecule has 0 amide bonds. The van der Waals surface area contributed by atoms with Crippen LogP contribution in [0.3, 0.4) is 0 Å². The Morgan fingerprint density at radius 3 is 2.53 bits per heavy atom. The Labute approximate surface area is 102 Å². The van der Waals surface area contributed by atoms with Crippen LogP contribution in [0.2, 0.25) is 0 Å². The van der Waals surface area contributed by atoms with Crippen molar-refractivity contribution in [3.05, 3.63) is 58.0 Å². The highest BCUT2D eigenvalue weighted by molar-refractivity contribution is 7.10. The minimum atomic E-state index is -0.854. The summed E-state index contributed by atoms with van der Waals surface area (Å²) >= 11 is 1.51. The second-order valence-corrected chi connectivity index (χ2v) is 4.70. The number of hydrogen-bond acceptors (Lipinski definition) is 2. The van der Waals surface area contributed by atoms with Crippen LogP contribution in [0.4, 0.5) is 4.39 Å². The van der Waals surface area contributed by atoms with Crippen LogP contribution in [-0.4, -0.2) is 11.1 Å². The second kappa shape index (κ2) is 5.10. The van der Waals surface area contributed by atoms with Gasteiger partial charge in [-0.1, -0.05) is 18.2 Å². The van der Waals surface area contributed by atoms with Crippen molar-refractivity contribution in [1.82, 2.24) is 0 Å². The molecule has 2 nitrogen and oxygen atoms in total. The predicted molar refractivity (Wildman–Crippen MR) is 64.8 cm³/mol. The van der Waals surface area contributed by atoms with Gasteiger partial charge in [-0.2, -0.15) is 0 Å². The molecule has 0 saturated carbocycles. The Morgan fingerprint density at radius 2 is 2.00 bits per heavy atom. The van der Waals surface area contributed by atoms with Crippen molar-refractivity contribution >= 4 is 17.3 Å². The molecule has 1 atom stereocenters. The van der Waals surface area contributed by atoms with Crippen LogP contribution >= 0.6 is 11.3 Å². The summed E-state index contributed by atoms with van der Waals surface area (Å²) < 4.78 is 12.8. The Balaban J connectivity index is 2.33. The molecular formula is C13H11FO2S. The molecule has 4 heteroatoms. The number of carboxylic acid groups (broad SMARTS) is 1. The summed E-state index contributed by atoms with van der Waals surface area (Å²) in [6.45, 7) is 0. The lowest BCUT2D eigenvalue weighted by molar-refractivity contribution is -0.137. The van der Waals surface area contributed by atoms with E-state index in [1.807, 2.05) is 17.5 Å². The van der Waals surface area contributed by atoms with Crippen molar-refractivity contribution in [1.29, 1.82) is 0 Å². The number of hydrogen-bond donors (Lipinski definition) is 1. The fraction of sp³-hybridized carbons (Fsp3) is 0.154. The maximum Gasteiger partial charge on any atom is 0.304 e. The fourth-order valence-electron chi connectivity index (χ4n) is 1.74. The van der Waals surface area contributed by atoms with Crippen LogP contribution in [0, 0.1) is 5.82 Å². The Hall–Kier alpha value is -1.68. The zero-order valence-corrected chi connectivity index (χ0v) is 9.78. The van der Waals surface area contributed by atoms with E-state index in [2.05, 4.69) is 0 Å². The van der Waals surface area contributed by atoms with E-state index in [0.717, 1.165) is 10.4 Å². The molecule has 88 valence electrons. The summed E-state index contributed by atoms with van der Waals surface area (Å²) in [6, 6.07) is 9.79. The molecule has 0 aliphatic heterocycles. The van der Waals surface area contributed by atoms with Crippen molar-refractivity contribution in [3.63, 3.8) is 0 Å². The molecule has 0 spiro atoms. The van der Waals surface area contributed by atoms with E-state index in [0.29, 0.717) is 0 Å². The van der Waals surface area contributed by atoms with Gasteiger partial charge in [-0.05, 0) is 29.1 Å². The molecule has 1 heterocycles. The fourth-order valence-corrected chi connectivity index (χ4v) is 2.60. The van der Waals surface area contributed by atoms with E-state index in [1.165, 1.54) is 23.5 Å². The number of carbonyl (C=O) groups is 1. The third kappa shape index (κ3) is 2.91. The number of rotatable bonds is 4. The quantitative estimate of drug-likeness (QED) is 0.901. The summed E-state index contributed by atoms with van der Waals surface area (Å²) in [7, 11) is 0. The van der Waals surface area contributed by atoms with E-state index < -0.39 is 5.97 Å². The van der Waals surface area contributed by atoms with E-state index in [4.69, 9.17) is 5.11 Å². The molecule has 0 aliphatic carbocycles. The SMILES string of the molecule is O=C(O)CC(c1ccc(F)cc1)c1cccs1. The molecular weight excluding hydrogens is 239 g/mol. The van der Waals surface area contributed by atoms with Gasteiger partial charge in [0.25, 0.3) is 0 Å². The van der Waals surface area contributed by atoms with Crippen molar-refractivity contribution < 1.29 is 14.3 Å². The van der Waals surface area contributed by atoms with Crippen molar-refractivity contribution in [2.24, 2.45) is 0 Å². The molecule has 0 aliphatic rings. The molecule has 0 fully saturated rings. The van der Waals surface area contributed by atoms with Crippen molar-refractivity contribution in [3.8, 4) is 0 Å².